The summed E-state index contributed by atoms with van der Waals surface area (Å²) in [5.74, 6) is -1.19. The van der Waals surface area contributed by atoms with Crippen molar-refractivity contribution in [3.05, 3.63) is 59.5 Å². The first-order valence-corrected chi connectivity index (χ1v) is 8.21. The van der Waals surface area contributed by atoms with Crippen LogP contribution in [0.3, 0.4) is 0 Å². The number of aromatic amines is 1. The van der Waals surface area contributed by atoms with Gasteiger partial charge in [-0.15, -0.1) is 0 Å². The molecule has 1 amide bonds. The molecule has 0 aliphatic rings. The fourth-order valence-electron chi connectivity index (χ4n) is 2.60. The Kier molecular flexibility index (Phi) is 5.55. The van der Waals surface area contributed by atoms with Gasteiger partial charge < -0.3 is 19.8 Å². The monoisotopic (exact) mass is 396 g/mol. The molecule has 0 aliphatic carbocycles. The van der Waals surface area contributed by atoms with Gasteiger partial charge in [0.1, 0.15) is 23.9 Å². The predicted octanol–water partition coefficient (Wildman–Crippen LogP) is 4.60. The molecule has 0 atom stereocenters. The van der Waals surface area contributed by atoms with Crippen LogP contribution in [0.2, 0.25) is 0 Å². The second kappa shape index (κ2) is 7.89. The first kappa shape index (κ1) is 19.7. The summed E-state index contributed by atoms with van der Waals surface area (Å²) in [7, 11) is 1.45. The molecule has 5 nitrogen and oxygen atoms in total. The van der Waals surface area contributed by atoms with Crippen molar-refractivity contribution in [3.8, 4) is 5.75 Å². The molecule has 2 aromatic carbocycles. The molecule has 148 valence electrons. The number of methoxy groups -OCH3 is 1. The molecule has 28 heavy (non-hydrogen) atoms. The molecule has 0 unspecified atom stereocenters. The molecular weight excluding hydrogens is 380 g/mol. The molecule has 0 spiro atoms. The summed E-state index contributed by atoms with van der Waals surface area (Å²) in [6.07, 6.45) is -4.59. The standard InChI is InChI=1S/C19H16F4N2O3/c1-27-7-8-28-17-6-5-11(19(21,22)23)9-15(17)25-18(26)16-10-12-13(20)3-2-4-14(12)24-16/h2-6,9-10,24H,7-8H2,1H3,(H,25,26). The molecule has 0 bridgehead atoms. The van der Waals surface area contributed by atoms with Gasteiger partial charge in [0.15, 0.2) is 0 Å². The number of hydrogen-bond donors (Lipinski definition) is 2. The quantitative estimate of drug-likeness (QED) is 0.473. The molecule has 0 saturated carbocycles. The third kappa shape index (κ3) is 4.25. The van der Waals surface area contributed by atoms with Crippen molar-refractivity contribution in [3.63, 3.8) is 0 Å². The third-order valence-corrected chi connectivity index (χ3v) is 3.96. The number of carbonyl (C=O) groups excluding carboxylic acids is 1. The molecule has 2 N–H and O–H groups in total. The Bertz CT molecular complexity index is 998. The summed E-state index contributed by atoms with van der Waals surface area (Å²) < 4.78 is 63.1. The van der Waals surface area contributed by atoms with E-state index in [4.69, 9.17) is 9.47 Å². The van der Waals surface area contributed by atoms with Crippen molar-refractivity contribution >= 4 is 22.5 Å². The van der Waals surface area contributed by atoms with Crippen molar-refractivity contribution in [2.75, 3.05) is 25.6 Å². The van der Waals surface area contributed by atoms with Crippen LogP contribution in [0.4, 0.5) is 23.2 Å². The van der Waals surface area contributed by atoms with Crippen LogP contribution in [0.15, 0.2) is 42.5 Å². The molecule has 9 heteroatoms. The number of ether oxygens (including phenoxy) is 2. The molecule has 0 fully saturated rings. The highest BCUT2D eigenvalue weighted by atomic mass is 19.4. The minimum atomic E-state index is -4.59. The van der Waals surface area contributed by atoms with E-state index in [0.717, 1.165) is 18.2 Å². The average Bonchev–Trinajstić information content (AvgIpc) is 3.08. The maximum Gasteiger partial charge on any atom is 0.416 e. The topological polar surface area (TPSA) is 63.4 Å². The fourth-order valence-corrected chi connectivity index (χ4v) is 2.60. The molecule has 3 aromatic rings. The van der Waals surface area contributed by atoms with E-state index in [9.17, 15) is 22.4 Å². The lowest BCUT2D eigenvalue weighted by Gasteiger charge is -2.15. The SMILES string of the molecule is COCCOc1ccc(C(F)(F)F)cc1NC(=O)c1cc2c(F)cccc2[nH]1. The second-order valence-electron chi connectivity index (χ2n) is 5.89. The Morgan fingerprint density at radius 1 is 1.14 bits per heavy atom. The van der Waals surface area contributed by atoms with Crippen LogP contribution in [0.1, 0.15) is 16.1 Å². The zero-order chi connectivity index (χ0) is 20.3. The highest BCUT2D eigenvalue weighted by molar-refractivity contribution is 6.06. The molecule has 0 aliphatic heterocycles. The van der Waals surface area contributed by atoms with E-state index in [-0.39, 0.29) is 35.7 Å². The van der Waals surface area contributed by atoms with Gasteiger partial charge in [-0.1, -0.05) is 6.07 Å². The molecular formula is C19H16F4N2O3. The number of aromatic nitrogens is 1. The molecule has 1 aromatic heterocycles. The first-order chi connectivity index (χ1) is 13.3. The number of anilines is 1. The van der Waals surface area contributed by atoms with Crippen molar-refractivity contribution in [2.24, 2.45) is 0 Å². The van der Waals surface area contributed by atoms with Gasteiger partial charge in [-0.3, -0.25) is 4.79 Å². The van der Waals surface area contributed by atoms with E-state index in [1.54, 1.807) is 6.07 Å². The van der Waals surface area contributed by atoms with E-state index >= 15 is 0 Å². The van der Waals surface area contributed by atoms with Crippen LogP contribution in [0, 0.1) is 5.82 Å². The highest BCUT2D eigenvalue weighted by Gasteiger charge is 2.31. The fraction of sp³-hybridized carbons (Fsp3) is 0.211. The number of benzene rings is 2. The predicted molar refractivity (Wildman–Crippen MR) is 95.0 cm³/mol. The van der Waals surface area contributed by atoms with E-state index in [1.165, 1.54) is 25.3 Å². The number of carbonyl (C=O) groups is 1. The molecule has 1 heterocycles. The minimum Gasteiger partial charge on any atom is -0.489 e. The summed E-state index contributed by atoms with van der Waals surface area (Å²) in [6.45, 7) is 0.304. The summed E-state index contributed by atoms with van der Waals surface area (Å²) >= 11 is 0. The Morgan fingerprint density at radius 2 is 1.93 bits per heavy atom. The zero-order valence-corrected chi connectivity index (χ0v) is 14.7. The number of fused-ring (bicyclic) bond motifs is 1. The lowest BCUT2D eigenvalue weighted by Crippen LogP contribution is -2.15. The van der Waals surface area contributed by atoms with Gasteiger partial charge in [0.25, 0.3) is 5.91 Å². The van der Waals surface area contributed by atoms with Crippen molar-refractivity contribution < 1.29 is 31.8 Å². The van der Waals surface area contributed by atoms with Gasteiger partial charge in [0.2, 0.25) is 0 Å². The smallest absolute Gasteiger partial charge is 0.416 e. The van der Waals surface area contributed by atoms with Gasteiger partial charge in [0.05, 0.1) is 17.9 Å². The van der Waals surface area contributed by atoms with Crippen LogP contribution in [0.5, 0.6) is 5.75 Å². The Hall–Kier alpha value is -3.07. The lowest BCUT2D eigenvalue weighted by molar-refractivity contribution is -0.137. The maximum atomic E-state index is 13.8. The molecule has 0 saturated heterocycles. The summed E-state index contributed by atoms with van der Waals surface area (Å²) in [5, 5.41) is 2.59. The minimum absolute atomic E-state index is 0.000327. The van der Waals surface area contributed by atoms with Crippen LogP contribution >= 0.6 is 0 Å². The number of nitrogens with one attached hydrogen (secondary N) is 2. The first-order valence-electron chi connectivity index (χ1n) is 8.21. The van der Waals surface area contributed by atoms with Crippen molar-refractivity contribution in [2.45, 2.75) is 6.18 Å². The van der Waals surface area contributed by atoms with Gasteiger partial charge in [-0.2, -0.15) is 13.2 Å². The molecule has 0 radical (unpaired) electrons. The van der Waals surface area contributed by atoms with E-state index < -0.39 is 23.5 Å². The van der Waals surface area contributed by atoms with Crippen molar-refractivity contribution in [1.82, 2.24) is 4.98 Å². The van der Waals surface area contributed by atoms with E-state index in [2.05, 4.69) is 10.3 Å². The number of halogens is 4. The zero-order valence-electron chi connectivity index (χ0n) is 14.7. The number of H-pyrrole nitrogens is 1. The van der Waals surface area contributed by atoms with Gasteiger partial charge in [0, 0.05) is 18.0 Å². The van der Waals surface area contributed by atoms with Gasteiger partial charge in [-0.25, -0.2) is 4.39 Å². The third-order valence-electron chi connectivity index (χ3n) is 3.96. The van der Waals surface area contributed by atoms with Gasteiger partial charge >= 0.3 is 6.18 Å². The van der Waals surface area contributed by atoms with Crippen LogP contribution < -0.4 is 10.1 Å². The Labute approximate surface area is 157 Å². The number of amides is 1. The van der Waals surface area contributed by atoms with Crippen molar-refractivity contribution in [1.29, 1.82) is 0 Å². The second-order valence-corrected chi connectivity index (χ2v) is 5.89. The number of hydrogen-bond acceptors (Lipinski definition) is 3. The summed E-state index contributed by atoms with van der Waals surface area (Å²) in [5.41, 5.74) is -0.703. The Balaban J connectivity index is 1.91. The van der Waals surface area contributed by atoms with E-state index in [1.807, 2.05) is 0 Å². The Morgan fingerprint density at radius 3 is 2.61 bits per heavy atom. The number of alkyl halides is 3. The largest absolute Gasteiger partial charge is 0.489 e. The summed E-state index contributed by atoms with van der Waals surface area (Å²) in [4.78, 5) is 15.2. The summed E-state index contributed by atoms with van der Waals surface area (Å²) in [6, 6.07) is 8.35. The average molecular weight is 396 g/mol. The van der Waals surface area contributed by atoms with Crippen LogP contribution in [0.25, 0.3) is 10.9 Å². The van der Waals surface area contributed by atoms with Crippen LogP contribution in [-0.2, 0) is 10.9 Å². The van der Waals surface area contributed by atoms with E-state index in [0.29, 0.717) is 5.52 Å². The number of rotatable bonds is 6. The lowest BCUT2D eigenvalue weighted by atomic mass is 10.1. The van der Waals surface area contributed by atoms with Crippen LogP contribution in [-0.4, -0.2) is 31.2 Å². The molecule has 3 rings (SSSR count). The normalized spacial score (nSPS) is 11.6. The van der Waals surface area contributed by atoms with Gasteiger partial charge in [-0.05, 0) is 36.4 Å². The maximum absolute atomic E-state index is 13.8. The highest BCUT2D eigenvalue weighted by Crippen LogP contribution is 2.35.